The molecule has 2 aromatic carbocycles. The maximum Gasteiger partial charge on any atom is 0.232 e. The highest BCUT2D eigenvalue weighted by molar-refractivity contribution is 5.91. The predicted molar refractivity (Wildman–Crippen MR) is 185 cm³/mol. The zero-order valence-corrected chi connectivity index (χ0v) is 28.0. The number of aliphatic hydroxyl groups excluding tert-OH is 1. The number of nitrogens with zero attached hydrogens (tertiary/aromatic N) is 4. The molecule has 9 heteroatoms. The van der Waals surface area contributed by atoms with Crippen molar-refractivity contribution in [2.45, 2.75) is 50.1 Å². The fourth-order valence-corrected chi connectivity index (χ4v) is 7.80. The van der Waals surface area contributed by atoms with E-state index in [4.69, 9.17) is 15.2 Å². The molecular weight excluding hydrogens is 590 g/mol. The van der Waals surface area contributed by atoms with E-state index >= 15 is 0 Å². The molecule has 1 amide bonds. The summed E-state index contributed by atoms with van der Waals surface area (Å²) in [5.74, 6) is 0.717. The lowest BCUT2D eigenvalue weighted by atomic mass is 9.64. The van der Waals surface area contributed by atoms with Gasteiger partial charge in [0.15, 0.2) is 0 Å². The minimum absolute atomic E-state index is 0.105. The summed E-state index contributed by atoms with van der Waals surface area (Å²) in [5.41, 5.74) is 8.48. The SMILES string of the molecule is COc1ccncc1CN1CCC(N(CCO)CCCOCCCN2CC[C@@H](C(C(N)=O)(c3ccccc3)c3ccccc3)C2)CC1. The van der Waals surface area contributed by atoms with Gasteiger partial charge in [-0.05, 0) is 74.8 Å². The standard InChI is InChI=1S/C38H53N5O4/c1-46-36-14-18-40-28-31(36)29-42-22-16-35(17-23-42)43(24-25-44)20-9-27-47-26-8-19-41-21-15-34(30-41)38(37(39)45,32-10-4-2-5-11-32)33-12-6-3-7-13-33/h2-7,10-14,18,28,34-35,44H,8-9,15-17,19-27,29-30H2,1H3,(H2,39,45)/t34-/m1/s1. The average Bonchev–Trinajstić information content (AvgIpc) is 3.58. The first-order valence-corrected chi connectivity index (χ1v) is 17.3. The van der Waals surface area contributed by atoms with E-state index in [9.17, 15) is 9.90 Å². The molecule has 0 spiro atoms. The molecule has 2 aliphatic heterocycles. The summed E-state index contributed by atoms with van der Waals surface area (Å²) >= 11 is 0. The summed E-state index contributed by atoms with van der Waals surface area (Å²) in [6.45, 7) is 8.87. The third kappa shape index (κ3) is 8.77. The Balaban J connectivity index is 1.03. The van der Waals surface area contributed by atoms with Crippen molar-refractivity contribution in [1.82, 2.24) is 19.7 Å². The summed E-state index contributed by atoms with van der Waals surface area (Å²) in [7, 11) is 1.71. The Hall–Kier alpha value is -3.34. The van der Waals surface area contributed by atoms with Crippen molar-refractivity contribution in [2.24, 2.45) is 11.7 Å². The van der Waals surface area contributed by atoms with Gasteiger partial charge in [0.25, 0.3) is 0 Å². The highest BCUT2D eigenvalue weighted by atomic mass is 16.5. The van der Waals surface area contributed by atoms with E-state index in [1.165, 1.54) is 0 Å². The van der Waals surface area contributed by atoms with Crippen LogP contribution in [0.4, 0.5) is 0 Å². The number of ether oxygens (including phenoxy) is 2. The van der Waals surface area contributed by atoms with Crippen LogP contribution in [0.3, 0.4) is 0 Å². The fourth-order valence-electron chi connectivity index (χ4n) is 7.80. The fraction of sp³-hybridized carbons (Fsp3) is 0.526. The van der Waals surface area contributed by atoms with Crippen LogP contribution in [-0.2, 0) is 21.5 Å². The van der Waals surface area contributed by atoms with E-state index < -0.39 is 5.41 Å². The molecule has 3 heterocycles. The Labute approximate surface area is 280 Å². The Morgan fingerprint density at radius 2 is 1.60 bits per heavy atom. The molecular formula is C38H53N5O4. The van der Waals surface area contributed by atoms with E-state index in [0.29, 0.717) is 12.6 Å². The maximum atomic E-state index is 13.3. The number of hydrogen-bond donors (Lipinski definition) is 2. The predicted octanol–water partition coefficient (Wildman–Crippen LogP) is 3.94. The van der Waals surface area contributed by atoms with Crippen molar-refractivity contribution in [1.29, 1.82) is 0 Å². The quantitative estimate of drug-likeness (QED) is 0.201. The van der Waals surface area contributed by atoms with Crippen molar-refractivity contribution in [3.63, 3.8) is 0 Å². The molecule has 0 bridgehead atoms. The molecule has 1 atom stereocenters. The summed E-state index contributed by atoms with van der Waals surface area (Å²) in [5, 5.41) is 9.74. The lowest BCUT2D eigenvalue weighted by Gasteiger charge is -2.38. The summed E-state index contributed by atoms with van der Waals surface area (Å²) < 4.78 is 11.6. The van der Waals surface area contributed by atoms with Crippen LogP contribution in [0.25, 0.3) is 0 Å². The molecule has 254 valence electrons. The zero-order valence-electron chi connectivity index (χ0n) is 28.0. The number of aromatic nitrogens is 1. The van der Waals surface area contributed by atoms with Crippen molar-refractivity contribution in [2.75, 3.05) is 72.7 Å². The first-order valence-electron chi connectivity index (χ1n) is 17.3. The van der Waals surface area contributed by atoms with Gasteiger partial charge < -0.3 is 25.2 Å². The topological polar surface area (TPSA) is 104 Å². The first-order chi connectivity index (χ1) is 23.1. The molecule has 2 saturated heterocycles. The van der Waals surface area contributed by atoms with Crippen LogP contribution in [0.2, 0.25) is 0 Å². The average molecular weight is 644 g/mol. The lowest BCUT2D eigenvalue weighted by Crippen LogP contribution is -2.49. The van der Waals surface area contributed by atoms with E-state index in [-0.39, 0.29) is 18.4 Å². The van der Waals surface area contributed by atoms with Crippen LogP contribution in [0.15, 0.2) is 79.1 Å². The number of benzene rings is 2. The van der Waals surface area contributed by atoms with Gasteiger partial charge in [0, 0.05) is 69.9 Å². The van der Waals surface area contributed by atoms with Crippen molar-refractivity contribution in [3.8, 4) is 5.75 Å². The van der Waals surface area contributed by atoms with E-state index in [1.54, 1.807) is 13.3 Å². The molecule has 0 aliphatic carbocycles. The first kappa shape index (κ1) is 35.0. The van der Waals surface area contributed by atoms with Gasteiger partial charge in [0.1, 0.15) is 11.2 Å². The van der Waals surface area contributed by atoms with Gasteiger partial charge in [0.2, 0.25) is 5.91 Å². The minimum Gasteiger partial charge on any atom is -0.496 e. The highest BCUT2D eigenvalue weighted by Gasteiger charge is 2.49. The number of carbonyl (C=O) groups is 1. The number of aliphatic hydroxyl groups is 1. The normalized spacial score (nSPS) is 18.1. The Morgan fingerprint density at radius 1 is 0.936 bits per heavy atom. The highest BCUT2D eigenvalue weighted by Crippen LogP contribution is 2.43. The van der Waals surface area contributed by atoms with E-state index in [2.05, 4.69) is 19.7 Å². The molecule has 0 saturated carbocycles. The number of pyridine rings is 1. The second-order valence-corrected chi connectivity index (χ2v) is 13.0. The van der Waals surface area contributed by atoms with Gasteiger partial charge in [-0.1, -0.05) is 60.7 Å². The Bertz CT molecular complexity index is 1310. The largest absolute Gasteiger partial charge is 0.496 e. The number of piperidine rings is 1. The molecule has 5 rings (SSSR count). The molecule has 3 N–H and O–H groups in total. The van der Waals surface area contributed by atoms with Gasteiger partial charge in [-0.15, -0.1) is 0 Å². The summed E-state index contributed by atoms with van der Waals surface area (Å²) in [6, 6.07) is 22.5. The van der Waals surface area contributed by atoms with Crippen LogP contribution in [0.1, 0.15) is 48.8 Å². The van der Waals surface area contributed by atoms with Gasteiger partial charge in [0.05, 0.1) is 13.7 Å². The Kier molecular flexibility index (Phi) is 13.2. The number of carbonyl (C=O) groups excluding carboxylic acids is 1. The third-order valence-electron chi connectivity index (χ3n) is 10.2. The number of likely N-dealkylation sites (tertiary alicyclic amines) is 2. The van der Waals surface area contributed by atoms with E-state index in [0.717, 1.165) is 114 Å². The molecule has 2 aliphatic rings. The molecule has 2 fully saturated rings. The molecule has 0 radical (unpaired) electrons. The number of nitrogens with two attached hydrogens (primary N) is 1. The van der Waals surface area contributed by atoms with Gasteiger partial charge in [-0.25, -0.2) is 0 Å². The maximum absolute atomic E-state index is 13.3. The number of hydrogen-bond acceptors (Lipinski definition) is 8. The molecule has 0 unspecified atom stereocenters. The smallest absolute Gasteiger partial charge is 0.232 e. The third-order valence-corrected chi connectivity index (χ3v) is 10.2. The van der Waals surface area contributed by atoms with Crippen LogP contribution < -0.4 is 10.5 Å². The van der Waals surface area contributed by atoms with Gasteiger partial charge in [-0.2, -0.15) is 0 Å². The lowest BCUT2D eigenvalue weighted by molar-refractivity contribution is -0.123. The second-order valence-electron chi connectivity index (χ2n) is 13.0. The van der Waals surface area contributed by atoms with Gasteiger partial charge in [-0.3, -0.25) is 19.6 Å². The number of methoxy groups -OCH3 is 1. The second kappa shape index (κ2) is 17.7. The summed E-state index contributed by atoms with van der Waals surface area (Å²) in [6.07, 6.45) is 8.67. The number of primary amides is 1. The van der Waals surface area contributed by atoms with Crippen LogP contribution >= 0.6 is 0 Å². The molecule has 1 aromatic heterocycles. The van der Waals surface area contributed by atoms with Crippen molar-refractivity contribution < 1.29 is 19.4 Å². The summed E-state index contributed by atoms with van der Waals surface area (Å²) in [4.78, 5) is 25.0. The molecule has 9 nitrogen and oxygen atoms in total. The molecule has 3 aromatic rings. The monoisotopic (exact) mass is 643 g/mol. The minimum atomic E-state index is -0.849. The van der Waals surface area contributed by atoms with Crippen molar-refractivity contribution in [3.05, 3.63) is 95.8 Å². The van der Waals surface area contributed by atoms with Crippen molar-refractivity contribution >= 4 is 5.91 Å². The Morgan fingerprint density at radius 3 is 2.23 bits per heavy atom. The number of amides is 1. The number of rotatable bonds is 18. The van der Waals surface area contributed by atoms with Crippen LogP contribution in [0.5, 0.6) is 5.75 Å². The van der Waals surface area contributed by atoms with Crippen LogP contribution in [-0.4, -0.2) is 109 Å². The van der Waals surface area contributed by atoms with Gasteiger partial charge >= 0.3 is 0 Å². The molecule has 47 heavy (non-hydrogen) atoms. The van der Waals surface area contributed by atoms with E-state index in [1.807, 2.05) is 72.9 Å². The van der Waals surface area contributed by atoms with Crippen LogP contribution in [0, 0.1) is 5.92 Å². The zero-order chi connectivity index (χ0) is 32.9.